The van der Waals surface area contributed by atoms with Crippen LogP contribution < -0.4 is 10.1 Å². The molecule has 0 amide bonds. The van der Waals surface area contributed by atoms with Gasteiger partial charge in [-0.25, -0.2) is 4.79 Å². The summed E-state index contributed by atoms with van der Waals surface area (Å²) >= 11 is 0. The molecule has 2 N–H and O–H groups in total. The summed E-state index contributed by atoms with van der Waals surface area (Å²) in [5.74, 6) is -0.0233. The van der Waals surface area contributed by atoms with Crippen LogP contribution in [0.2, 0.25) is 0 Å². The Bertz CT molecular complexity index is 599. The molecular formula is C17H20ClNO3. The number of carbonyl (C=O) groups is 1. The summed E-state index contributed by atoms with van der Waals surface area (Å²) < 4.78 is 5.46. The molecule has 2 rings (SSSR count). The van der Waals surface area contributed by atoms with Crippen molar-refractivity contribution in [2.45, 2.75) is 20.0 Å². The monoisotopic (exact) mass is 321 g/mol. The average Bonchev–Trinajstić information content (AvgIpc) is 2.48. The number of hydrogen-bond acceptors (Lipinski definition) is 3. The molecule has 0 saturated carbocycles. The van der Waals surface area contributed by atoms with Crippen molar-refractivity contribution in [3.8, 4) is 5.75 Å². The maximum Gasteiger partial charge on any atom is 0.335 e. The van der Waals surface area contributed by atoms with Crippen LogP contribution in [-0.2, 0) is 13.1 Å². The van der Waals surface area contributed by atoms with Crippen molar-refractivity contribution in [2.24, 2.45) is 0 Å². The molecule has 0 fully saturated rings. The van der Waals surface area contributed by atoms with Gasteiger partial charge in [0.25, 0.3) is 0 Å². The molecule has 0 unspecified atom stereocenters. The van der Waals surface area contributed by atoms with Gasteiger partial charge < -0.3 is 15.2 Å². The fourth-order valence-electron chi connectivity index (χ4n) is 2.03. The molecule has 0 atom stereocenters. The van der Waals surface area contributed by atoms with Crippen molar-refractivity contribution in [3.63, 3.8) is 0 Å². The van der Waals surface area contributed by atoms with Gasteiger partial charge in [-0.3, -0.25) is 0 Å². The van der Waals surface area contributed by atoms with Crippen molar-refractivity contribution in [1.82, 2.24) is 5.32 Å². The smallest absolute Gasteiger partial charge is 0.335 e. The Morgan fingerprint density at radius 1 is 1.09 bits per heavy atom. The van der Waals surface area contributed by atoms with E-state index < -0.39 is 5.97 Å². The molecule has 118 valence electrons. The maximum absolute atomic E-state index is 10.8. The minimum atomic E-state index is -0.901. The standard InChI is InChI=1S/C17H19NO3.ClH/c1-2-21-16-5-3-4-14(10-16)12-18-11-13-6-8-15(9-7-13)17(19)20;/h3-10,18H,2,11-12H2,1H3,(H,19,20);1H. The van der Waals surface area contributed by atoms with Gasteiger partial charge in [-0.05, 0) is 42.3 Å². The van der Waals surface area contributed by atoms with E-state index in [0.717, 1.165) is 23.4 Å². The third kappa shape index (κ3) is 5.39. The van der Waals surface area contributed by atoms with Crippen LogP contribution in [-0.4, -0.2) is 17.7 Å². The Kier molecular flexibility index (Phi) is 7.43. The second-order valence-electron chi connectivity index (χ2n) is 4.69. The van der Waals surface area contributed by atoms with Gasteiger partial charge in [-0.2, -0.15) is 0 Å². The molecule has 5 heteroatoms. The first-order valence-electron chi connectivity index (χ1n) is 6.93. The fourth-order valence-corrected chi connectivity index (χ4v) is 2.03. The summed E-state index contributed by atoms with van der Waals surface area (Å²) in [6, 6.07) is 14.9. The number of benzene rings is 2. The molecule has 0 aliphatic carbocycles. The molecule has 0 radical (unpaired) electrons. The summed E-state index contributed by atoms with van der Waals surface area (Å²) in [5, 5.41) is 12.2. The van der Waals surface area contributed by atoms with Crippen LogP contribution in [0.1, 0.15) is 28.4 Å². The number of ether oxygens (including phenoxy) is 1. The molecule has 0 aromatic heterocycles. The highest BCUT2D eigenvalue weighted by Crippen LogP contribution is 2.13. The number of rotatable bonds is 7. The molecule has 2 aromatic carbocycles. The first-order chi connectivity index (χ1) is 10.2. The quantitative estimate of drug-likeness (QED) is 0.819. The highest BCUT2D eigenvalue weighted by atomic mass is 35.5. The Balaban J connectivity index is 0.00000242. The molecule has 0 saturated heterocycles. The number of carboxylic acid groups (broad SMARTS) is 1. The number of halogens is 1. The van der Waals surface area contributed by atoms with E-state index in [1.54, 1.807) is 12.1 Å². The predicted octanol–water partition coefficient (Wildman–Crippen LogP) is 3.50. The van der Waals surface area contributed by atoms with Gasteiger partial charge in [0.15, 0.2) is 0 Å². The Morgan fingerprint density at radius 2 is 1.77 bits per heavy atom. The third-order valence-electron chi connectivity index (χ3n) is 3.07. The molecule has 0 aliphatic heterocycles. The van der Waals surface area contributed by atoms with Gasteiger partial charge in [0.1, 0.15) is 5.75 Å². The fraction of sp³-hybridized carbons (Fsp3) is 0.235. The Morgan fingerprint density at radius 3 is 2.41 bits per heavy atom. The second kappa shape index (κ2) is 9.07. The molecule has 0 aliphatic rings. The van der Waals surface area contributed by atoms with Crippen LogP contribution in [0, 0.1) is 0 Å². The third-order valence-corrected chi connectivity index (χ3v) is 3.07. The van der Waals surface area contributed by atoms with Gasteiger partial charge in [-0.1, -0.05) is 24.3 Å². The zero-order chi connectivity index (χ0) is 15.1. The van der Waals surface area contributed by atoms with Crippen LogP contribution in [0.5, 0.6) is 5.75 Å². The lowest BCUT2D eigenvalue weighted by Gasteiger charge is -2.08. The highest BCUT2D eigenvalue weighted by Gasteiger charge is 2.01. The largest absolute Gasteiger partial charge is 0.494 e. The van der Waals surface area contributed by atoms with Gasteiger partial charge in [0.05, 0.1) is 12.2 Å². The normalized spacial score (nSPS) is 9.86. The molecular weight excluding hydrogens is 302 g/mol. The number of nitrogens with one attached hydrogen (secondary N) is 1. The second-order valence-corrected chi connectivity index (χ2v) is 4.69. The van der Waals surface area contributed by atoms with Crippen LogP contribution in [0.25, 0.3) is 0 Å². The van der Waals surface area contributed by atoms with Crippen LogP contribution >= 0.6 is 12.4 Å². The number of hydrogen-bond donors (Lipinski definition) is 2. The Labute approximate surface area is 136 Å². The van der Waals surface area contributed by atoms with Crippen molar-refractivity contribution < 1.29 is 14.6 Å². The van der Waals surface area contributed by atoms with E-state index >= 15 is 0 Å². The molecule has 0 bridgehead atoms. The average molecular weight is 322 g/mol. The summed E-state index contributed by atoms with van der Waals surface area (Å²) in [4.78, 5) is 10.8. The minimum Gasteiger partial charge on any atom is -0.494 e. The van der Waals surface area contributed by atoms with Gasteiger partial charge >= 0.3 is 5.97 Å². The van der Waals surface area contributed by atoms with Crippen LogP contribution in [0.3, 0.4) is 0 Å². The summed E-state index contributed by atoms with van der Waals surface area (Å²) in [6.45, 7) is 4.05. The van der Waals surface area contributed by atoms with Gasteiger partial charge in [0, 0.05) is 13.1 Å². The topological polar surface area (TPSA) is 58.6 Å². The van der Waals surface area contributed by atoms with Gasteiger partial charge in [0.2, 0.25) is 0 Å². The molecule has 4 nitrogen and oxygen atoms in total. The zero-order valence-corrected chi connectivity index (χ0v) is 13.2. The lowest BCUT2D eigenvalue weighted by Crippen LogP contribution is -2.12. The molecule has 0 heterocycles. The van der Waals surface area contributed by atoms with E-state index in [2.05, 4.69) is 5.32 Å². The van der Waals surface area contributed by atoms with E-state index in [1.165, 1.54) is 0 Å². The van der Waals surface area contributed by atoms with Crippen molar-refractivity contribution >= 4 is 18.4 Å². The highest BCUT2D eigenvalue weighted by molar-refractivity contribution is 5.87. The van der Waals surface area contributed by atoms with E-state index in [0.29, 0.717) is 18.7 Å². The first-order valence-corrected chi connectivity index (χ1v) is 6.93. The van der Waals surface area contributed by atoms with E-state index in [9.17, 15) is 4.79 Å². The van der Waals surface area contributed by atoms with E-state index in [-0.39, 0.29) is 12.4 Å². The zero-order valence-electron chi connectivity index (χ0n) is 12.4. The number of carboxylic acids is 1. The summed E-state index contributed by atoms with van der Waals surface area (Å²) in [7, 11) is 0. The lowest BCUT2D eigenvalue weighted by molar-refractivity contribution is 0.0697. The van der Waals surface area contributed by atoms with Gasteiger partial charge in [-0.15, -0.1) is 12.4 Å². The first kappa shape index (κ1) is 18.0. The van der Waals surface area contributed by atoms with Crippen LogP contribution in [0.15, 0.2) is 48.5 Å². The summed E-state index contributed by atoms with van der Waals surface area (Å²) in [6.07, 6.45) is 0. The number of aromatic carboxylic acids is 1. The SMILES string of the molecule is CCOc1cccc(CNCc2ccc(C(=O)O)cc2)c1.Cl. The lowest BCUT2D eigenvalue weighted by atomic mass is 10.1. The molecule has 22 heavy (non-hydrogen) atoms. The van der Waals surface area contributed by atoms with Crippen LogP contribution in [0.4, 0.5) is 0 Å². The van der Waals surface area contributed by atoms with E-state index in [1.807, 2.05) is 43.3 Å². The molecule has 2 aromatic rings. The van der Waals surface area contributed by atoms with Crippen molar-refractivity contribution in [3.05, 3.63) is 65.2 Å². The predicted molar refractivity (Wildman–Crippen MR) is 88.8 cm³/mol. The van der Waals surface area contributed by atoms with E-state index in [4.69, 9.17) is 9.84 Å². The van der Waals surface area contributed by atoms with Crippen molar-refractivity contribution in [1.29, 1.82) is 0 Å². The Hall–Kier alpha value is -2.04. The maximum atomic E-state index is 10.8. The molecule has 0 spiro atoms. The minimum absolute atomic E-state index is 0. The van der Waals surface area contributed by atoms with Crippen molar-refractivity contribution in [2.75, 3.05) is 6.61 Å². The summed E-state index contributed by atoms with van der Waals surface area (Å²) in [5.41, 5.74) is 2.52.